The van der Waals surface area contributed by atoms with Gasteiger partial charge < -0.3 is 15.2 Å². The normalized spacial score (nSPS) is 11.9. The third kappa shape index (κ3) is 7.59. The summed E-state index contributed by atoms with van der Waals surface area (Å²) in [6.07, 6.45) is 0.589. The van der Waals surface area contributed by atoms with Crippen molar-refractivity contribution in [3.05, 3.63) is 73.0 Å². The molecule has 1 heterocycles. The Balaban J connectivity index is 1.76. The van der Waals surface area contributed by atoms with Crippen molar-refractivity contribution in [1.82, 2.24) is 20.1 Å². The maximum Gasteiger partial charge on any atom is 0.271 e. The quantitative estimate of drug-likeness (QED) is 0.148. The number of hydrogen-bond donors (Lipinski definition) is 2. The van der Waals surface area contributed by atoms with Crippen molar-refractivity contribution in [2.75, 3.05) is 11.1 Å². The van der Waals surface area contributed by atoms with Crippen LogP contribution in [0.3, 0.4) is 0 Å². The van der Waals surface area contributed by atoms with E-state index in [-0.39, 0.29) is 39.0 Å². The van der Waals surface area contributed by atoms with E-state index in [0.29, 0.717) is 34.5 Å². The first kappa shape index (κ1) is 29.7. The number of carbonyl (C=O) groups excluding carboxylic acids is 2. The van der Waals surface area contributed by atoms with E-state index in [2.05, 4.69) is 20.8 Å². The van der Waals surface area contributed by atoms with Crippen LogP contribution in [-0.4, -0.2) is 37.3 Å². The first-order chi connectivity index (χ1) is 18.0. The van der Waals surface area contributed by atoms with Gasteiger partial charge in [-0.2, -0.15) is 0 Å². The van der Waals surface area contributed by atoms with E-state index in [1.165, 1.54) is 24.3 Å². The molecule has 2 amide bonds. The molecular weight excluding hydrogens is 575 g/mol. The predicted molar refractivity (Wildman–Crippen MR) is 149 cm³/mol. The van der Waals surface area contributed by atoms with Crippen molar-refractivity contribution in [3.8, 4) is 0 Å². The number of aromatic nitrogens is 3. The van der Waals surface area contributed by atoms with Gasteiger partial charge in [-0.05, 0) is 43.5 Å². The number of rotatable bonds is 11. The third-order valence-corrected chi connectivity index (χ3v) is 7.17. The number of halogens is 3. The third-order valence-electron chi connectivity index (χ3n) is 5.33. The topological polar surface area (TPSA) is 132 Å². The summed E-state index contributed by atoms with van der Waals surface area (Å²) < 4.78 is 1.83. The smallest absolute Gasteiger partial charge is 0.271 e. The summed E-state index contributed by atoms with van der Waals surface area (Å²) in [7, 11) is 0. The molecule has 0 unspecified atom stereocenters. The minimum absolute atomic E-state index is 0.0429. The maximum atomic E-state index is 13.0. The van der Waals surface area contributed by atoms with Crippen LogP contribution in [0.4, 0.5) is 11.4 Å². The summed E-state index contributed by atoms with van der Waals surface area (Å²) in [5, 5.41) is 26.5. The number of nitro benzene ring substituents is 1. The molecular formula is C24H25Cl3N6O4S. The van der Waals surface area contributed by atoms with Gasteiger partial charge in [0.05, 0.1) is 38.0 Å². The monoisotopic (exact) mass is 598 g/mol. The largest absolute Gasteiger partial charge is 0.342 e. The number of carbonyl (C=O) groups is 2. The molecule has 2 aromatic carbocycles. The van der Waals surface area contributed by atoms with E-state index in [4.69, 9.17) is 34.8 Å². The van der Waals surface area contributed by atoms with Gasteiger partial charge in [0.1, 0.15) is 0 Å². The lowest BCUT2D eigenvalue weighted by Crippen LogP contribution is -2.32. The molecule has 3 rings (SSSR count). The molecule has 202 valence electrons. The van der Waals surface area contributed by atoms with Crippen molar-refractivity contribution in [1.29, 1.82) is 0 Å². The number of thioether (sulfide) groups is 1. The van der Waals surface area contributed by atoms with Gasteiger partial charge in [0.15, 0.2) is 11.0 Å². The predicted octanol–water partition coefficient (Wildman–Crippen LogP) is 6.41. The number of non-ortho nitro benzene ring substituents is 1. The number of nitro groups is 1. The Hall–Kier alpha value is -2.86. The van der Waals surface area contributed by atoms with Crippen LogP contribution < -0.4 is 10.6 Å². The van der Waals surface area contributed by atoms with Gasteiger partial charge in [0.2, 0.25) is 5.91 Å². The fourth-order valence-electron chi connectivity index (χ4n) is 3.61. The Kier molecular flexibility index (Phi) is 10.4. The van der Waals surface area contributed by atoms with E-state index in [9.17, 15) is 19.7 Å². The molecule has 10 nitrogen and oxygen atoms in total. The van der Waals surface area contributed by atoms with Gasteiger partial charge in [0.25, 0.3) is 11.6 Å². The first-order valence-corrected chi connectivity index (χ1v) is 13.7. The first-order valence-electron chi connectivity index (χ1n) is 11.6. The second-order valence-corrected chi connectivity index (χ2v) is 10.8. The highest BCUT2D eigenvalue weighted by Gasteiger charge is 2.25. The van der Waals surface area contributed by atoms with E-state index < -0.39 is 16.9 Å². The molecule has 3 aromatic rings. The summed E-state index contributed by atoms with van der Waals surface area (Å²) >= 11 is 19.4. The highest BCUT2D eigenvalue weighted by atomic mass is 35.5. The Labute approximate surface area is 238 Å². The number of anilines is 1. The van der Waals surface area contributed by atoms with Gasteiger partial charge in [0, 0.05) is 23.7 Å². The zero-order valence-electron chi connectivity index (χ0n) is 20.7. The SMILES string of the molecule is CCn1c(SCC(=O)Nc2cc([N+](=O)[O-])ccc2Cl)nnc1[C@@H](CC(C)C)NC(=O)c1ccc(Cl)cc1Cl. The van der Waals surface area contributed by atoms with Crippen LogP contribution in [0, 0.1) is 16.0 Å². The highest BCUT2D eigenvalue weighted by Crippen LogP contribution is 2.29. The maximum absolute atomic E-state index is 13.0. The molecule has 0 saturated carbocycles. The Morgan fingerprint density at radius 2 is 1.84 bits per heavy atom. The van der Waals surface area contributed by atoms with Gasteiger partial charge >= 0.3 is 0 Å². The van der Waals surface area contributed by atoms with Crippen LogP contribution in [0.15, 0.2) is 41.6 Å². The summed E-state index contributed by atoms with van der Waals surface area (Å²) in [5.74, 6) is -0.0631. The zero-order valence-corrected chi connectivity index (χ0v) is 23.8. The average Bonchev–Trinajstić information content (AvgIpc) is 3.26. The fourth-order valence-corrected chi connectivity index (χ4v) is 5.08. The molecule has 0 saturated heterocycles. The number of benzene rings is 2. The van der Waals surface area contributed by atoms with Gasteiger partial charge in [-0.15, -0.1) is 10.2 Å². The zero-order chi connectivity index (χ0) is 28.0. The molecule has 1 aromatic heterocycles. The summed E-state index contributed by atoms with van der Waals surface area (Å²) in [6, 6.07) is 8.00. The lowest BCUT2D eigenvalue weighted by Gasteiger charge is -2.21. The molecule has 14 heteroatoms. The summed E-state index contributed by atoms with van der Waals surface area (Å²) in [4.78, 5) is 36.0. The van der Waals surface area contributed by atoms with Crippen LogP contribution in [0.5, 0.6) is 0 Å². The minimum atomic E-state index is -0.570. The summed E-state index contributed by atoms with van der Waals surface area (Å²) in [6.45, 7) is 6.46. The van der Waals surface area contributed by atoms with Crippen LogP contribution >= 0.6 is 46.6 Å². The molecule has 0 aliphatic rings. The standard InChI is InChI=1S/C24H25Cl3N6O4S/c1-4-32-22(20(9-13(2)3)29-23(35)16-7-5-14(25)10-18(16)27)30-31-24(32)38-12-21(34)28-19-11-15(33(36)37)6-8-17(19)26/h5-8,10-11,13,20H,4,9,12H2,1-3H3,(H,28,34)(H,29,35)/t20-/m1/s1. The highest BCUT2D eigenvalue weighted by molar-refractivity contribution is 7.99. The molecule has 0 spiro atoms. The number of hydrogen-bond acceptors (Lipinski definition) is 7. The number of amides is 2. The van der Waals surface area contributed by atoms with Crippen LogP contribution in [0.1, 0.15) is 49.4 Å². The molecule has 0 fully saturated rings. The van der Waals surface area contributed by atoms with Crippen molar-refractivity contribution in [2.45, 2.75) is 44.9 Å². The molecule has 2 N–H and O–H groups in total. The van der Waals surface area contributed by atoms with Crippen LogP contribution in [0.25, 0.3) is 0 Å². The molecule has 1 atom stereocenters. The van der Waals surface area contributed by atoms with E-state index >= 15 is 0 Å². The van der Waals surface area contributed by atoms with Crippen molar-refractivity contribution in [2.24, 2.45) is 5.92 Å². The second-order valence-electron chi connectivity index (χ2n) is 8.62. The second kappa shape index (κ2) is 13.3. The minimum Gasteiger partial charge on any atom is -0.342 e. The fraction of sp³-hybridized carbons (Fsp3) is 0.333. The van der Waals surface area contributed by atoms with Gasteiger partial charge in [-0.25, -0.2) is 0 Å². The van der Waals surface area contributed by atoms with E-state index in [0.717, 1.165) is 11.8 Å². The Bertz CT molecular complexity index is 1350. The van der Waals surface area contributed by atoms with Crippen molar-refractivity contribution in [3.63, 3.8) is 0 Å². The van der Waals surface area contributed by atoms with E-state index in [1.807, 2.05) is 25.3 Å². The van der Waals surface area contributed by atoms with Crippen molar-refractivity contribution >= 4 is 69.8 Å². The van der Waals surface area contributed by atoms with Crippen LogP contribution in [-0.2, 0) is 11.3 Å². The lowest BCUT2D eigenvalue weighted by atomic mass is 10.0. The molecule has 0 bridgehead atoms. The van der Waals surface area contributed by atoms with E-state index in [1.54, 1.807) is 12.1 Å². The lowest BCUT2D eigenvalue weighted by molar-refractivity contribution is -0.384. The molecule has 38 heavy (non-hydrogen) atoms. The molecule has 0 radical (unpaired) electrons. The van der Waals surface area contributed by atoms with Gasteiger partial charge in [-0.1, -0.05) is 60.4 Å². The number of nitrogens with zero attached hydrogens (tertiary/aromatic N) is 4. The number of nitrogens with one attached hydrogen (secondary N) is 2. The Morgan fingerprint density at radius 1 is 1.11 bits per heavy atom. The average molecular weight is 600 g/mol. The summed E-state index contributed by atoms with van der Waals surface area (Å²) in [5.41, 5.74) is 0.244. The Morgan fingerprint density at radius 3 is 2.47 bits per heavy atom. The molecule has 0 aliphatic heterocycles. The molecule has 0 aliphatic carbocycles. The van der Waals surface area contributed by atoms with Crippen molar-refractivity contribution < 1.29 is 14.5 Å². The van der Waals surface area contributed by atoms with Crippen LogP contribution in [0.2, 0.25) is 15.1 Å². The van der Waals surface area contributed by atoms with Gasteiger partial charge in [-0.3, -0.25) is 19.7 Å².